The van der Waals surface area contributed by atoms with E-state index in [1.54, 1.807) is 19.4 Å². The zero-order valence-electron chi connectivity index (χ0n) is 19.9. The number of alkyl halides is 1. The van der Waals surface area contributed by atoms with E-state index in [4.69, 9.17) is 4.74 Å². The van der Waals surface area contributed by atoms with Gasteiger partial charge in [-0.25, -0.2) is 4.39 Å². The summed E-state index contributed by atoms with van der Waals surface area (Å²) in [5.74, 6) is 2.39. The van der Waals surface area contributed by atoms with Crippen molar-refractivity contribution in [2.45, 2.75) is 36.8 Å². The van der Waals surface area contributed by atoms with Crippen molar-refractivity contribution in [3.8, 4) is 5.75 Å². The predicted octanol–water partition coefficient (Wildman–Crippen LogP) is 6.15. The van der Waals surface area contributed by atoms with Crippen molar-refractivity contribution >= 4 is 22.7 Å². The maximum absolute atomic E-state index is 15.4. The summed E-state index contributed by atoms with van der Waals surface area (Å²) in [7, 11) is 1.62. The molecule has 0 saturated carbocycles. The number of piperidine rings is 1. The summed E-state index contributed by atoms with van der Waals surface area (Å²) in [6.07, 6.45) is 4.04. The molecule has 4 nitrogen and oxygen atoms in total. The Morgan fingerprint density at radius 2 is 2.03 bits per heavy atom. The van der Waals surface area contributed by atoms with Crippen LogP contribution in [0, 0.1) is 11.8 Å². The lowest BCUT2D eigenvalue weighted by molar-refractivity contribution is 0.0640. The molecule has 34 heavy (non-hydrogen) atoms. The van der Waals surface area contributed by atoms with Crippen LogP contribution in [0.15, 0.2) is 65.7 Å². The van der Waals surface area contributed by atoms with Gasteiger partial charge in [0.05, 0.1) is 12.6 Å². The van der Waals surface area contributed by atoms with Crippen molar-refractivity contribution in [2.75, 3.05) is 39.1 Å². The van der Waals surface area contributed by atoms with Crippen molar-refractivity contribution in [2.24, 2.45) is 11.8 Å². The fourth-order valence-corrected chi connectivity index (χ4v) is 5.86. The molecular weight excluding hydrogens is 447 g/mol. The van der Waals surface area contributed by atoms with Crippen LogP contribution in [-0.4, -0.2) is 54.1 Å². The van der Waals surface area contributed by atoms with Crippen LogP contribution in [0.3, 0.4) is 0 Å². The second-order valence-electron chi connectivity index (χ2n) is 9.14. The third-order valence-electron chi connectivity index (χ3n) is 6.95. The summed E-state index contributed by atoms with van der Waals surface area (Å²) in [6, 6.07) is 17.9. The number of benzene rings is 2. The Morgan fingerprint density at radius 3 is 2.82 bits per heavy atom. The Hall–Kier alpha value is -2.15. The molecule has 1 fully saturated rings. The lowest BCUT2D eigenvalue weighted by atomic mass is 9.81. The second-order valence-corrected chi connectivity index (χ2v) is 10.3. The largest absolute Gasteiger partial charge is 0.497 e. The number of aliphatic hydroxyl groups excluding tert-OH is 1. The maximum Gasteiger partial charge on any atom is 0.126 e. The maximum atomic E-state index is 15.4. The highest BCUT2D eigenvalue weighted by Crippen LogP contribution is 2.35. The van der Waals surface area contributed by atoms with Gasteiger partial charge in [0.25, 0.3) is 0 Å². The quantitative estimate of drug-likeness (QED) is 0.262. The molecule has 0 bridgehead atoms. The van der Waals surface area contributed by atoms with Gasteiger partial charge < -0.3 is 14.7 Å². The van der Waals surface area contributed by atoms with Crippen LogP contribution in [0.4, 0.5) is 4.39 Å². The number of aromatic nitrogens is 1. The number of aliphatic hydroxyl groups is 1. The van der Waals surface area contributed by atoms with E-state index in [1.807, 2.05) is 36.0 Å². The van der Waals surface area contributed by atoms with Gasteiger partial charge in [-0.15, -0.1) is 11.8 Å². The molecule has 4 rings (SSSR count). The summed E-state index contributed by atoms with van der Waals surface area (Å²) < 4.78 is 20.7. The standard InChI is InChI=1S/C28H35FN2O2S/c1-33-23-9-11-28-26(18-23)25(12-14-30-28)27(29)10-8-21-13-16-31(19-22(21)20-32)15-5-17-34-24-6-3-2-4-7-24/h2-4,6-7,9,11-12,14,18,21-22,27,32H,5,8,10,13,15-17,19-20H2,1H3/t21-,22-,27?/m1/s1. The Bertz CT molecular complexity index is 1040. The van der Waals surface area contributed by atoms with Crippen molar-refractivity contribution in [3.05, 3.63) is 66.4 Å². The fraction of sp³-hybridized carbons (Fsp3) is 0.464. The van der Waals surface area contributed by atoms with Crippen LogP contribution >= 0.6 is 11.8 Å². The van der Waals surface area contributed by atoms with Gasteiger partial charge in [-0.05, 0) is 98.3 Å². The molecule has 1 aromatic heterocycles. The minimum Gasteiger partial charge on any atom is -0.497 e. The molecule has 1 N–H and O–H groups in total. The molecular formula is C28H35FN2O2S. The number of likely N-dealkylation sites (tertiary alicyclic amines) is 1. The van der Waals surface area contributed by atoms with Crippen LogP contribution < -0.4 is 4.74 Å². The predicted molar refractivity (Wildman–Crippen MR) is 138 cm³/mol. The van der Waals surface area contributed by atoms with E-state index in [2.05, 4.69) is 34.1 Å². The molecule has 2 aromatic carbocycles. The van der Waals surface area contributed by atoms with Gasteiger partial charge in [0.2, 0.25) is 0 Å². The SMILES string of the molecule is COc1ccc2nccc(C(F)CC[C@@H]3CCN(CCCSc4ccccc4)C[C@@H]3CO)c2c1. The number of hydrogen-bond acceptors (Lipinski definition) is 5. The van der Waals surface area contributed by atoms with E-state index in [0.29, 0.717) is 23.7 Å². The summed E-state index contributed by atoms with van der Waals surface area (Å²) in [4.78, 5) is 8.15. The molecule has 1 aliphatic rings. The molecule has 1 aliphatic heterocycles. The summed E-state index contributed by atoms with van der Waals surface area (Å²) in [5, 5.41) is 10.9. The first-order valence-corrected chi connectivity index (χ1v) is 13.2. The van der Waals surface area contributed by atoms with Gasteiger partial charge in [0.1, 0.15) is 11.9 Å². The fourth-order valence-electron chi connectivity index (χ4n) is 5.00. The number of methoxy groups -OCH3 is 1. The Morgan fingerprint density at radius 1 is 1.18 bits per heavy atom. The zero-order valence-corrected chi connectivity index (χ0v) is 20.7. The monoisotopic (exact) mass is 482 g/mol. The van der Waals surface area contributed by atoms with Gasteiger partial charge in [-0.3, -0.25) is 4.98 Å². The van der Waals surface area contributed by atoms with Gasteiger partial charge in [0.15, 0.2) is 0 Å². The van der Waals surface area contributed by atoms with E-state index in [0.717, 1.165) is 55.6 Å². The Balaban J connectivity index is 1.26. The lowest BCUT2D eigenvalue weighted by Gasteiger charge is -2.38. The van der Waals surface area contributed by atoms with Crippen LogP contribution in [-0.2, 0) is 0 Å². The number of rotatable bonds is 11. The molecule has 0 aliphatic carbocycles. The number of ether oxygens (including phenoxy) is 1. The average molecular weight is 483 g/mol. The zero-order chi connectivity index (χ0) is 23.8. The molecule has 0 amide bonds. The smallest absolute Gasteiger partial charge is 0.126 e. The topological polar surface area (TPSA) is 45.6 Å². The van der Waals surface area contributed by atoms with Crippen LogP contribution in [0.1, 0.15) is 37.4 Å². The first kappa shape index (κ1) is 25.0. The molecule has 3 aromatic rings. The van der Waals surface area contributed by atoms with Gasteiger partial charge in [0, 0.05) is 29.6 Å². The third kappa shape index (κ3) is 6.49. The summed E-state index contributed by atoms with van der Waals surface area (Å²) >= 11 is 1.90. The van der Waals surface area contributed by atoms with Crippen molar-refractivity contribution < 1.29 is 14.2 Å². The summed E-state index contributed by atoms with van der Waals surface area (Å²) in [5.41, 5.74) is 1.46. The van der Waals surface area contributed by atoms with E-state index < -0.39 is 6.17 Å². The number of nitrogens with zero attached hydrogens (tertiary/aromatic N) is 2. The Kier molecular flexibility index (Phi) is 9.19. The van der Waals surface area contributed by atoms with Crippen molar-refractivity contribution in [3.63, 3.8) is 0 Å². The first-order valence-electron chi connectivity index (χ1n) is 12.3. The third-order valence-corrected chi connectivity index (χ3v) is 8.05. The molecule has 1 unspecified atom stereocenters. The van der Waals surface area contributed by atoms with Crippen LogP contribution in [0.5, 0.6) is 5.75 Å². The van der Waals surface area contributed by atoms with E-state index in [9.17, 15) is 5.11 Å². The number of fused-ring (bicyclic) bond motifs is 1. The minimum atomic E-state index is -1.05. The number of pyridine rings is 1. The van der Waals surface area contributed by atoms with Crippen LogP contribution in [0.2, 0.25) is 0 Å². The highest BCUT2D eigenvalue weighted by atomic mass is 32.2. The Labute approximate surface area is 206 Å². The number of hydrogen-bond donors (Lipinski definition) is 1. The second kappa shape index (κ2) is 12.5. The van der Waals surface area contributed by atoms with Crippen molar-refractivity contribution in [1.29, 1.82) is 0 Å². The molecule has 182 valence electrons. The minimum absolute atomic E-state index is 0.173. The molecule has 0 spiro atoms. The number of halogens is 1. The first-order chi connectivity index (χ1) is 16.7. The van der Waals surface area contributed by atoms with E-state index in [1.165, 1.54) is 4.90 Å². The molecule has 1 saturated heterocycles. The van der Waals surface area contributed by atoms with Crippen molar-refractivity contribution in [1.82, 2.24) is 9.88 Å². The highest BCUT2D eigenvalue weighted by molar-refractivity contribution is 7.99. The lowest BCUT2D eigenvalue weighted by Crippen LogP contribution is -2.42. The molecule has 2 heterocycles. The van der Waals surface area contributed by atoms with E-state index >= 15 is 4.39 Å². The normalized spacial score (nSPS) is 19.9. The molecule has 6 heteroatoms. The van der Waals surface area contributed by atoms with Gasteiger partial charge in [-0.1, -0.05) is 18.2 Å². The average Bonchev–Trinajstić information content (AvgIpc) is 2.89. The number of thioether (sulfide) groups is 1. The van der Waals surface area contributed by atoms with Crippen LogP contribution in [0.25, 0.3) is 10.9 Å². The van der Waals surface area contributed by atoms with Gasteiger partial charge in [-0.2, -0.15) is 0 Å². The van der Waals surface area contributed by atoms with Gasteiger partial charge >= 0.3 is 0 Å². The molecule has 3 atom stereocenters. The highest BCUT2D eigenvalue weighted by Gasteiger charge is 2.29. The summed E-state index contributed by atoms with van der Waals surface area (Å²) in [6.45, 7) is 3.17. The molecule has 0 radical (unpaired) electrons. The van der Waals surface area contributed by atoms with E-state index in [-0.39, 0.29) is 12.5 Å².